The smallest absolute Gasteiger partial charge is 0.242 e. The lowest BCUT2D eigenvalue weighted by Gasteiger charge is -2.48. The van der Waals surface area contributed by atoms with Crippen molar-refractivity contribution < 1.29 is 19.1 Å². The van der Waals surface area contributed by atoms with Crippen molar-refractivity contribution in [3.05, 3.63) is 63.6 Å². The van der Waals surface area contributed by atoms with Crippen molar-refractivity contribution in [2.24, 2.45) is 0 Å². The van der Waals surface area contributed by atoms with Gasteiger partial charge in [0.15, 0.2) is 0 Å². The zero-order chi connectivity index (χ0) is 27.5. The SMILES string of the molecule is CCC1([C@H]2NC(=O)C[C@@H](c3cccc(Cl)c3)[C@]23C(=O)N(COCC[Si](C)(C)C)c2cc(Cl)ccc23)OC1C. The van der Waals surface area contributed by atoms with Crippen LogP contribution in [0.15, 0.2) is 42.5 Å². The van der Waals surface area contributed by atoms with Gasteiger partial charge in [-0.25, -0.2) is 0 Å². The summed E-state index contributed by atoms with van der Waals surface area (Å²) in [5, 5.41) is 4.33. The number of nitrogens with one attached hydrogen (secondary N) is 1. The summed E-state index contributed by atoms with van der Waals surface area (Å²) in [7, 11) is -1.30. The van der Waals surface area contributed by atoms with Crippen LogP contribution < -0.4 is 10.2 Å². The van der Waals surface area contributed by atoms with Gasteiger partial charge in [-0.15, -0.1) is 0 Å². The first-order valence-electron chi connectivity index (χ1n) is 13.4. The second kappa shape index (κ2) is 9.93. The standard InChI is InChI=1S/C29H36Cl2N2O4Si/c1-6-28(18(2)37-28)26-29(23(16-25(34)32-26)19-8-7-9-20(30)14-19)22-11-10-21(31)15-24(22)33(27(29)35)17-36-12-13-38(3,4)5/h7-11,14-15,18,23,26H,6,12-13,16-17H2,1-5H3,(H,32,34)/t18?,23-,26+,28?,29-/m0/s1. The molecule has 0 aromatic heterocycles. The number of ether oxygens (including phenoxy) is 2. The van der Waals surface area contributed by atoms with Gasteiger partial charge >= 0.3 is 0 Å². The lowest BCUT2D eigenvalue weighted by atomic mass is 9.57. The molecule has 5 atom stereocenters. The van der Waals surface area contributed by atoms with Crippen LogP contribution in [0.1, 0.15) is 43.7 Å². The molecule has 204 valence electrons. The fourth-order valence-corrected chi connectivity index (χ4v) is 7.59. The molecular formula is C29H36Cl2N2O4Si. The number of benzene rings is 2. The van der Waals surface area contributed by atoms with Crippen LogP contribution in [0.25, 0.3) is 0 Å². The van der Waals surface area contributed by atoms with Crippen LogP contribution in [0.2, 0.25) is 35.7 Å². The van der Waals surface area contributed by atoms with Crippen molar-refractivity contribution in [3.63, 3.8) is 0 Å². The number of anilines is 1. The Morgan fingerprint density at radius 3 is 2.47 bits per heavy atom. The number of hydrogen-bond acceptors (Lipinski definition) is 4. The Kier molecular flexibility index (Phi) is 7.23. The van der Waals surface area contributed by atoms with Gasteiger partial charge in [0.05, 0.1) is 17.8 Å². The Bertz CT molecular complexity index is 1260. The van der Waals surface area contributed by atoms with Crippen LogP contribution in [0.5, 0.6) is 0 Å². The maximum Gasteiger partial charge on any atom is 0.242 e. The van der Waals surface area contributed by atoms with Gasteiger partial charge in [-0.2, -0.15) is 0 Å². The molecule has 6 nitrogen and oxygen atoms in total. The second-order valence-electron chi connectivity index (χ2n) is 12.0. The summed E-state index contributed by atoms with van der Waals surface area (Å²) < 4.78 is 12.3. The summed E-state index contributed by atoms with van der Waals surface area (Å²) >= 11 is 12.9. The van der Waals surface area contributed by atoms with Gasteiger partial charge in [-0.1, -0.05) is 68.0 Å². The minimum atomic E-state index is -1.30. The van der Waals surface area contributed by atoms with Gasteiger partial charge in [0.1, 0.15) is 17.7 Å². The van der Waals surface area contributed by atoms with Crippen LogP contribution in [0, 0.1) is 0 Å². The molecule has 2 amide bonds. The Balaban J connectivity index is 1.67. The maximum absolute atomic E-state index is 14.9. The maximum atomic E-state index is 14.9. The number of halogens is 2. The van der Waals surface area contributed by atoms with Gasteiger partial charge in [0, 0.05) is 37.1 Å². The zero-order valence-electron chi connectivity index (χ0n) is 22.6. The summed E-state index contributed by atoms with van der Waals surface area (Å²) in [6.45, 7) is 11.7. The molecule has 3 heterocycles. The van der Waals surface area contributed by atoms with Gasteiger partial charge in [0.2, 0.25) is 11.8 Å². The fourth-order valence-electron chi connectivity index (χ4n) is 6.47. The van der Waals surface area contributed by atoms with Gasteiger partial charge in [-0.05, 0) is 54.8 Å². The molecular weight excluding hydrogens is 539 g/mol. The Hall–Kier alpha value is -1.90. The van der Waals surface area contributed by atoms with Crippen LogP contribution in [-0.2, 0) is 24.5 Å². The largest absolute Gasteiger partial charge is 0.364 e. The van der Waals surface area contributed by atoms with Crippen LogP contribution >= 0.6 is 23.2 Å². The van der Waals surface area contributed by atoms with E-state index in [0.717, 1.165) is 22.9 Å². The predicted molar refractivity (Wildman–Crippen MR) is 154 cm³/mol. The van der Waals surface area contributed by atoms with Gasteiger partial charge in [0.25, 0.3) is 0 Å². The van der Waals surface area contributed by atoms with Crippen LogP contribution in [0.3, 0.4) is 0 Å². The van der Waals surface area contributed by atoms with E-state index in [-0.39, 0.29) is 31.1 Å². The highest BCUT2D eigenvalue weighted by Crippen LogP contribution is 2.61. The van der Waals surface area contributed by atoms with E-state index >= 15 is 0 Å². The summed E-state index contributed by atoms with van der Waals surface area (Å²) in [5.74, 6) is -0.651. The zero-order valence-corrected chi connectivity index (χ0v) is 25.2. The van der Waals surface area contributed by atoms with Gasteiger partial charge in [-0.3, -0.25) is 14.5 Å². The number of fused-ring (bicyclic) bond motifs is 2. The minimum absolute atomic E-state index is 0.0987. The van der Waals surface area contributed by atoms with E-state index in [1.54, 1.807) is 11.0 Å². The third-order valence-electron chi connectivity index (χ3n) is 8.53. The number of amides is 2. The molecule has 2 saturated heterocycles. The number of carbonyl (C=O) groups is 2. The average Bonchev–Trinajstić information content (AvgIpc) is 3.47. The number of carbonyl (C=O) groups excluding carboxylic acids is 2. The third kappa shape index (κ3) is 4.50. The van der Waals surface area contributed by atoms with Crippen molar-refractivity contribution in [1.82, 2.24) is 5.32 Å². The molecule has 1 spiro atoms. The van der Waals surface area contributed by atoms with E-state index < -0.39 is 31.0 Å². The lowest BCUT2D eigenvalue weighted by Crippen LogP contribution is -2.68. The summed E-state index contributed by atoms with van der Waals surface area (Å²) in [4.78, 5) is 29.9. The van der Waals surface area contributed by atoms with E-state index in [1.165, 1.54) is 0 Å². The minimum Gasteiger partial charge on any atom is -0.364 e. The molecule has 0 aliphatic carbocycles. The first-order valence-corrected chi connectivity index (χ1v) is 17.8. The molecule has 9 heteroatoms. The summed E-state index contributed by atoms with van der Waals surface area (Å²) in [6, 6.07) is 13.5. The Morgan fingerprint density at radius 2 is 1.84 bits per heavy atom. The molecule has 2 aromatic rings. The molecule has 1 N–H and O–H groups in total. The van der Waals surface area contributed by atoms with Crippen molar-refractivity contribution >= 4 is 48.8 Å². The normalized spacial score (nSPS) is 30.5. The highest BCUT2D eigenvalue weighted by molar-refractivity contribution is 6.76. The third-order valence-corrected chi connectivity index (χ3v) is 10.7. The molecule has 3 aliphatic heterocycles. The lowest BCUT2D eigenvalue weighted by molar-refractivity contribution is -0.134. The Morgan fingerprint density at radius 1 is 1.13 bits per heavy atom. The Labute approximate surface area is 236 Å². The van der Waals surface area contributed by atoms with Crippen molar-refractivity contribution in [1.29, 1.82) is 0 Å². The molecule has 38 heavy (non-hydrogen) atoms. The average molecular weight is 576 g/mol. The number of hydrogen-bond donors (Lipinski definition) is 1. The molecule has 2 fully saturated rings. The summed E-state index contributed by atoms with van der Waals surface area (Å²) in [5.41, 5.74) is 0.650. The summed E-state index contributed by atoms with van der Waals surface area (Å²) in [6.07, 6.45) is 0.716. The van der Waals surface area contributed by atoms with E-state index in [4.69, 9.17) is 32.7 Å². The van der Waals surface area contributed by atoms with Crippen LogP contribution in [0.4, 0.5) is 5.69 Å². The number of piperidine rings is 1. The number of rotatable bonds is 8. The van der Waals surface area contributed by atoms with E-state index in [0.29, 0.717) is 23.1 Å². The highest BCUT2D eigenvalue weighted by atomic mass is 35.5. The molecule has 0 saturated carbocycles. The first-order chi connectivity index (χ1) is 17.9. The topological polar surface area (TPSA) is 71.2 Å². The first kappa shape index (κ1) is 27.7. The molecule has 2 unspecified atom stereocenters. The quantitative estimate of drug-likeness (QED) is 0.234. The van der Waals surface area contributed by atoms with Crippen molar-refractivity contribution in [2.75, 3.05) is 18.2 Å². The number of epoxide rings is 1. The fraction of sp³-hybridized carbons (Fsp3) is 0.517. The second-order valence-corrected chi connectivity index (χ2v) is 18.5. The molecule has 0 radical (unpaired) electrons. The predicted octanol–water partition coefficient (Wildman–Crippen LogP) is 6.13. The molecule has 5 rings (SSSR count). The monoisotopic (exact) mass is 574 g/mol. The molecule has 0 bridgehead atoms. The van der Waals surface area contributed by atoms with Crippen molar-refractivity contribution in [2.45, 2.75) is 81.5 Å². The molecule has 3 aliphatic rings. The van der Waals surface area contributed by atoms with Crippen molar-refractivity contribution in [3.8, 4) is 0 Å². The highest BCUT2D eigenvalue weighted by Gasteiger charge is 2.72. The van der Waals surface area contributed by atoms with Gasteiger partial charge < -0.3 is 14.8 Å². The van der Waals surface area contributed by atoms with Crippen LogP contribution in [-0.4, -0.2) is 51.0 Å². The van der Waals surface area contributed by atoms with E-state index in [9.17, 15) is 9.59 Å². The number of nitrogens with zero attached hydrogens (tertiary/aromatic N) is 1. The van der Waals surface area contributed by atoms with E-state index in [2.05, 4.69) is 25.0 Å². The van der Waals surface area contributed by atoms with E-state index in [1.807, 2.05) is 50.2 Å². The molecule has 2 aromatic carbocycles.